The Hall–Kier alpha value is -0.470. The van der Waals surface area contributed by atoms with Gasteiger partial charge in [-0.15, -0.1) is 11.8 Å². The molecule has 1 nitrogen and oxygen atoms in total. The van der Waals surface area contributed by atoms with Crippen molar-refractivity contribution < 1.29 is 1.43 Å². The second-order valence-electron chi connectivity index (χ2n) is 3.36. The molecule has 17 heavy (non-hydrogen) atoms. The van der Waals surface area contributed by atoms with Crippen LogP contribution in [0.25, 0.3) is 0 Å². The van der Waals surface area contributed by atoms with Gasteiger partial charge in [-0.2, -0.15) is 0 Å². The summed E-state index contributed by atoms with van der Waals surface area (Å²) >= 11 is 1.90. The normalized spacial score (nSPS) is 8.53. The van der Waals surface area contributed by atoms with Gasteiger partial charge in [0.2, 0.25) is 0 Å². The van der Waals surface area contributed by atoms with Crippen molar-refractivity contribution in [2.75, 3.05) is 12.3 Å². The third kappa shape index (κ3) is 15.5. The van der Waals surface area contributed by atoms with Crippen molar-refractivity contribution >= 4 is 11.8 Å². The molecule has 0 spiro atoms. The number of hydrogen-bond acceptors (Lipinski definition) is 2. The van der Waals surface area contributed by atoms with E-state index < -0.39 is 0 Å². The fourth-order valence-corrected chi connectivity index (χ4v) is 1.89. The molecule has 0 unspecified atom stereocenters. The maximum Gasteiger partial charge on any atom is 0.00719 e. The molecule has 0 radical (unpaired) electrons. The molecule has 0 fully saturated rings. The zero-order valence-electron chi connectivity index (χ0n) is 11.9. The quantitative estimate of drug-likeness (QED) is 0.579. The first-order chi connectivity index (χ1) is 8.35. The average molecular weight is 257 g/mol. The summed E-state index contributed by atoms with van der Waals surface area (Å²) in [5, 5.41) is 0. The van der Waals surface area contributed by atoms with Crippen LogP contribution >= 0.6 is 11.8 Å². The van der Waals surface area contributed by atoms with E-state index in [9.17, 15) is 0 Å². The Morgan fingerprint density at radius 1 is 1.06 bits per heavy atom. The first-order valence-corrected chi connectivity index (χ1v) is 7.71. The van der Waals surface area contributed by atoms with Crippen molar-refractivity contribution in [3.05, 3.63) is 30.3 Å². The molecule has 2 heteroatoms. The molecule has 0 heterocycles. The molecule has 1 aromatic carbocycles. The highest BCUT2D eigenvalue weighted by molar-refractivity contribution is 7.99. The summed E-state index contributed by atoms with van der Waals surface area (Å²) < 4.78 is 0. The molecule has 0 atom stereocenters. The number of benzene rings is 1. The third-order valence-corrected chi connectivity index (χ3v) is 2.71. The van der Waals surface area contributed by atoms with Crippen molar-refractivity contribution in [3.8, 4) is 0 Å². The van der Waals surface area contributed by atoms with Crippen molar-refractivity contribution in [2.24, 2.45) is 5.73 Å². The van der Waals surface area contributed by atoms with E-state index in [0.717, 1.165) is 13.0 Å². The minimum atomic E-state index is 0. The molecule has 0 aliphatic carbocycles. The lowest BCUT2D eigenvalue weighted by molar-refractivity contribution is 0.814. The van der Waals surface area contributed by atoms with Crippen LogP contribution in [-0.2, 0) is 0 Å². The lowest BCUT2D eigenvalue weighted by Crippen LogP contribution is -1.98. The van der Waals surface area contributed by atoms with Gasteiger partial charge in [-0.1, -0.05) is 52.3 Å². The molecule has 0 bridgehead atoms. The van der Waals surface area contributed by atoms with Crippen LogP contribution < -0.4 is 5.73 Å². The Bertz CT molecular complexity index is 217. The standard InChI is InChI=1S/C10H15NS.C3H8.C2H6.H2/c11-8-4-5-9-12-10-6-2-1-3-7-10;1-3-2;1-2;/h1-3,6-7H,4-5,8-9,11H2;3H2,1-2H3;1-2H3;1H. The van der Waals surface area contributed by atoms with Gasteiger partial charge >= 0.3 is 0 Å². The molecule has 0 amide bonds. The lowest BCUT2D eigenvalue weighted by atomic mass is 10.3. The SMILES string of the molecule is CC.CCC.NCCCCSc1ccccc1.[HH]. The first-order valence-electron chi connectivity index (χ1n) is 6.73. The van der Waals surface area contributed by atoms with Gasteiger partial charge in [0.1, 0.15) is 0 Å². The first kappa shape index (κ1) is 18.9. The Labute approximate surface area is 114 Å². The zero-order valence-corrected chi connectivity index (χ0v) is 12.7. The lowest BCUT2D eigenvalue weighted by Gasteiger charge is -1.99. The summed E-state index contributed by atoms with van der Waals surface area (Å²) in [5.74, 6) is 1.18. The van der Waals surface area contributed by atoms with Gasteiger partial charge in [0.05, 0.1) is 0 Å². The van der Waals surface area contributed by atoms with Gasteiger partial charge in [-0.05, 0) is 37.3 Å². The molecule has 0 aliphatic heterocycles. The number of unbranched alkanes of at least 4 members (excludes halogenated alkanes) is 1. The maximum absolute atomic E-state index is 5.40. The highest BCUT2D eigenvalue weighted by Gasteiger charge is 1.90. The van der Waals surface area contributed by atoms with Crippen molar-refractivity contribution in [1.29, 1.82) is 0 Å². The van der Waals surface area contributed by atoms with E-state index in [1.165, 1.54) is 23.5 Å². The molecule has 1 rings (SSSR count). The molecular weight excluding hydrogens is 226 g/mol. The minimum absolute atomic E-state index is 0. The summed E-state index contributed by atoms with van der Waals surface area (Å²) in [6.45, 7) is 9.06. The molecule has 1 aromatic rings. The van der Waals surface area contributed by atoms with Gasteiger partial charge in [-0.3, -0.25) is 0 Å². The van der Waals surface area contributed by atoms with Crippen molar-refractivity contribution in [2.45, 2.75) is 51.9 Å². The van der Waals surface area contributed by atoms with Gasteiger partial charge in [0.15, 0.2) is 0 Å². The average Bonchev–Trinajstić information content (AvgIpc) is 2.39. The topological polar surface area (TPSA) is 26.0 Å². The van der Waals surface area contributed by atoms with Gasteiger partial charge in [0.25, 0.3) is 0 Å². The Morgan fingerprint density at radius 3 is 2.06 bits per heavy atom. The van der Waals surface area contributed by atoms with Crippen LogP contribution in [0.4, 0.5) is 0 Å². The second-order valence-corrected chi connectivity index (χ2v) is 4.53. The fourth-order valence-electron chi connectivity index (χ4n) is 0.953. The Kier molecular flexibility index (Phi) is 19.9. The highest BCUT2D eigenvalue weighted by Crippen LogP contribution is 2.17. The van der Waals surface area contributed by atoms with Gasteiger partial charge < -0.3 is 5.73 Å². The van der Waals surface area contributed by atoms with Gasteiger partial charge in [-0.25, -0.2) is 0 Å². The largest absolute Gasteiger partial charge is 0.330 e. The van der Waals surface area contributed by atoms with Gasteiger partial charge in [0, 0.05) is 6.32 Å². The van der Waals surface area contributed by atoms with Crippen LogP contribution in [0.1, 0.15) is 48.4 Å². The number of nitrogens with two attached hydrogens (primary N) is 1. The van der Waals surface area contributed by atoms with E-state index in [2.05, 4.69) is 38.1 Å². The van der Waals surface area contributed by atoms with E-state index in [1.807, 2.05) is 31.7 Å². The molecule has 0 aromatic heterocycles. The maximum atomic E-state index is 5.40. The fraction of sp³-hybridized carbons (Fsp3) is 0.600. The van der Waals surface area contributed by atoms with E-state index in [4.69, 9.17) is 5.73 Å². The number of hydrogen-bond donors (Lipinski definition) is 1. The summed E-state index contributed by atoms with van der Waals surface area (Å²) in [4.78, 5) is 1.36. The molecule has 0 saturated heterocycles. The van der Waals surface area contributed by atoms with E-state index in [0.29, 0.717) is 0 Å². The van der Waals surface area contributed by atoms with E-state index in [1.54, 1.807) is 0 Å². The highest BCUT2D eigenvalue weighted by atomic mass is 32.2. The van der Waals surface area contributed by atoms with E-state index in [-0.39, 0.29) is 1.43 Å². The third-order valence-electron chi connectivity index (χ3n) is 1.61. The summed E-state index contributed by atoms with van der Waals surface area (Å²) in [6.07, 6.45) is 3.61. The smallest absolute Gasteiger partial charge is 0.00719 e. The Morgan fingerprint density at radius 2 is 1.59 bits per heavy atom. The molecule has 0 aliphatic rings. The summed E-state index contributed by atoms with van der Waals surface area (Å²) in [5.41, 5.74) is 5.40. The van der Waals surface area contributed by atoms with Crippen LogP contribution in [0, 0.1) is 0 Å². The monoisotopic (exact) mass is 257 g/mol. The minimum Gasteiger partial charge on any atom is -0.330 e. The Balaban J connectivity index is -0.000000329. The van der Waals surface area contributed by atoms with Crippen LogP contribution in [0.3, 0.4) is 0 Å². The predicted octanol–water partition coefficient (Wildman–Crippen LogP) is 5.21. The molecule has 0 saturated carbocycles. The van der Waals surface area contributed by atoms with Crippen molar-refractivity contribution in [1.82, 2.24) is 0 Å². The van der Waals surface area contributed by atoms with Crippen molar-refractivity contribution in [3.63, 3.8) is 0 Å². The second kappa shape index (κ2) is 17.9. The van der Waals surface area contributed by atoms with Crippen LogP contribution in [0.2, 0.25) is 0 Å². The van der Waals surface area contributed by atoms with E-state index >= 15 is 0 Å². The zero-order chi connectivity index (χ0) is 13.4. The molecule has 2 N–H and O–H groups in total. The van der Waals surface area contributed by atoms with Crippen LogP contribution in [0.15, 0.2) is 35.2 Å². The molecular formula is C15H31NS. The number of rotatable bonds is 5. The molecule has 102 valence electrons. The van der Waals surface area contributed by atoms with Crippen LogP contribution in [-0.4, -0.2) is 12.3 Å². The van der Waals surface area contributed by atoms with Crippen LogP contribution in [0.5, 0.6) is 0 Å². The summed E-state index contributed by atoms with van der Waals surface area (Å²) in [7, 11) is 0. The number of thioether (sulfide) groups is 1. The predicted molar refractivity (Wildman–Crippen MR) is 84.9 cm³/mol. The summed E-state index contributed by atoms with van der Waals surface area (Å²) in [6, 6.07) is 10.5.